The van der Waals surface area contributed by atoms with Crippen LogP contribution in [0.4, 0.5) is 16.2 Å². The summed E-state index contributed by atoms with van der Waals surface area (Å²) in [5.74, 6) is -0.868. The largest absolute Gasteiger partial charge is 0.327 e. The number of urea groups is 1. The molecule has 2 saturated heterocycles. The molecule has 0 saturated carbocycles. The topological polar surface area (TPSA) is 113 Å². The lowest BCUT2D eigenvalue weighted by atomic mass is 10.2. The normalized spacial score (nSPS) is 19.9. The molecule has 9 heteroatoms. The van der Waals surface area contributed by atoms with Crippen molar-refractivity contribution < 1.29 is 19.3 Å². The van der Waals surface area contributed by atoms with E-state index in [1.165, 1.54) is 29.2 Å². The van der Waals surface area contributed by atoms with E-state index in [9.17, 15) is 24.5 Å². The first kappa shape index (κ1) is 14.9. The molecule has 1 atom stereocenters. The minimum Gasteiger partial charge on any atom is -0.325 e. The lowest BCUT2D eigenvalue weighted by Crippen LogP contribution is -2.39. The molecule has 0 unspecified atom stereocenters. The van der Waals surface area contributed by atoms with Gasteiger partial charge >= 0.3 is 6.03 Å². The maximum absolute atomic E-state index is 12.1. The summed E-state index contributed by atoms with van der Waals surface area (Å²) in [5.41, 5.74) is 0.272. The lowest BCUT2D eigenvalue weighted by molar-refractivity contribution is -0.384. The molecule has 2 fully saturated rings. The van der Waals surface area contributed by atoms with Gasteiger partial charge in [-0.3, -0.25) is 24.6 Å². The summed E-state index contributed by atoms with van der Waals surface area (Å²) >= 11 is 0. The van der Waals surface area contributed by atoms with Crippen LogP contribution in [0.25, 0.3) is 0 Å². The third-order valence-corrected chi connectivity index (χ3v) is 3.94. The number of carbonyl (C=O) groups excluding carboxylic acids is 3. The molecule has 23 heavy (non-hydrogen) atoms. The van der Waals surface area contributed by atoms with Gasteiger partial charge in [0.05, 0.1) is 4.92 Å². The van der Waals surface area contributed by atoms with Crippen LogP contribution in [0.2, 0.25) is 0 Å². The fourth-order valence-electron chi connectivity index (χ4n) is 2.84. The molecule has 1 aromatic carbocycles. The Morgan fingerprint density at radius 3 is 2.61 bits per heavy atom. The molecule has 120 valence electrons. The molecule has 9 nitrogen and oxygen atoms in total. The van der Waals surface area contributed by atoms with Crippen LogP contribution in [0.1, 0.15) is 12.8 Å². The van der Waals surface area contributed by atoms with Gasteiger partial charge in [-0.25, -0.2) is 4.79 Å². The molecule has 0 aromatic heterocycles. The number of nitro groups is 1. The number of hydrogen-bond donors (Lipinski definition) is 1. The van der Waals surface area contributed by atoms with Gasteiger partial charge < -0.3 is 10.2 Å². The van der Waals surface area contributed by atoms with E-state index in [-0.39, 0.29) is 18.1 Å². The van der Waals surface area contributed by atoms with Crippen molar-refractivity contribution in [1.29, 1.82) is 0 Å². The SMILES string of the molecule is O=C(CN1C(=O)[C@@H]2CCCN2C1=O)Nc1ccc([N+](=O)[O-])cc1. The molecule has 4 amide bonds. The Hall–Kier alpha value is -2.97. The Morgan fingerprint density at radius 2 is 2.00 bits per heavy atom. The first-order chi connectivity index (χ1) is 11.0. The number of carbonyl (C=O) groups is 3. The molecule has 2 aliphatic rings. The van der Waals surface area contributed by atoms with Crippen molar-refractivity contribution in [1.82, 2.24) is 9.80 Å². The number of fused-ring (bicyclic) bond motifs is 1. The number of amides is 4. The van der Waals surface area contributed by atoms with E-state index in [4.69, 9.17) is 0 Å². The average molecular weight is 318 g/mol. The number of nitrogens with one attached hydrogen (secondary N) is 1. The van der Waals surface area contributed by atoms with Crippen LogP contribution in [0.3, 0.4) is 0 Å². The predicted octanol–water partition coefficient (Wildman–Crippen LogP) is 0.960. The van der Waals surface area contributed by atoms with Crippen LogP contribution in [0.5, 0.6) is 0 Å². The van der Waals surface area contributed by atoms with E-state index in [0.717, 1.165) is 11.3 Å². The van der Waals surface area contributed by atoms with E-state index in [1.54, 1.807) is 0 Å². The predicted molar refractivity (Wildman–Crippen MR) is 78.6 cm³/mol. The van der Waals surface area contributed by atoms with Gasteiger partial charge in [0, 0.05) is 24.4 Å². The Morgan fingerprint density at radius 1 is 1.30 bits per heavy atom. The van der Waals surface area contributed by atoms with Crippen molar-refractivity contribution in [2.24, 2.45) is 0 Å². The molecule has 0 radical (unpaired) electrons. The van der Waals surface area contributed by atoms with E-state index < -0.39 is 22.9 Å². The number of imide groups is 1. The third-order valence-electron chi connectivity index (χ3n) is 3.94. The number of non-ortho nitro benzene ring substituents is 1. The van der Waals surface area contributed by atoms with Crippen molar-refractivity contribution in [3.63, 3.8) is 0 Å². The number of rotatable bonds is 4. The molecule has 0 aliphatic carbocycles. The highest BCUT2D eigenvalue weighted by molar-refractivity contribution is 6.08. The summed E-state index contributed by atoms with van der Waals surface area (Å²) in [4.78, 5) is 48.6. The Bertz CT molecular complexity index is 665. The molecule has 0 spiro atoms. The zero-order valence-corrected chi connectivity index (χ0v) is 12.1. The van der Waals surface area contributed by atoms with Crippen molar-refractivity contribution in [2.45, 2.75) is 18.9 Å². The van der Waals surface area contributed by atoms with Gasteiger partial charge in [0.1, 0.15) is 12.6 Å². The first-order valence-electron chi connectivity index (χ1n) is 7.13. The highest BCUT2D eigenvalue weighted by Crippen LogP contribution is 2.27. The highest BCUT2D eigenvalue weighted by atomic mass is 16.6. The monoisotopic (exact) mass is 318 g/mol. The van der Waals surface area contributed by atoms with Gasteiger partial charge in [0.2, 0.25) is 5.91 Å². The molecule has 3 rings (SSSR count). The Balaban J connectivity index is 1.62. The smallest absolute Gasteiger partial charge is 0.325 e. The van der Waals surface area contributed by atoms with Crippen LogP contribution in [-0.2, 0) is 9.59 Å². The van der Waals surface area contributed by atoms with E-state index in [2.05, 4.69) is 5.32 Å². The van der Waals surface area contributed by atoms with Gasteiger partial charge in [-0.05, 0) is 25.0 Å². The average Bonchev–Trinajstić information content (AvgIpc) is 3.08. The molecular formula is C14H14N4O5. The summed E-state index contributed by atoms with van der Waals surface area (Å²) in [7, 11) is 0. The van der Waals surface area contributed by atoms with E-state index in [1.807, 2.05) is 0 Å². The van der Waals surface area contributed by atoms with Crippen molar-refractivity contribution >= 4 is 29.2 Å². The fourth-order valence-corrected chi connectivity index (χ4v) is 2.84. The molecular weight excluding hydrogens is 304 g/mol. The number of nitrogens with zero attached hydrogens (tertiary/aromatic N) is 3. The van der Waals surface area contributed by atoms with Crippen molar-refractivity contribution in [3.05, 3.63) is 34.4 Å². The van der Waals surface area contributed by atoms with Gasteiger partial charge in [0.15, 0.2) is 0 Å². The molecule has 2 heterocycles. The second kappa shape index (κ2) is 5.67. The minimum atomic E-state index is -0.541. The standard InChI is InChI=1S/C14H14N4O5/c19-12(15-9-3-5-10(6-4-9)18(22)23)8-17-13(20)11-2-1-7-16(11)14(17)21/h3-6,11H,1-2,7-8H2,(H,15,19)/t11-/m0/s1. The summed E-state index contributed by atoms with van der Waals surface area (Å²) in [6.45, 7) is 0.178. The second-order valence-electron chi connectivity index (χ2n) is 5.41. The van der Waals surface area contributed by atoms with Crippen molar-refractivity contribution in [2.75, 3.05) is 18.4 Å². The summed E-state index contributed by atoms with van der Waals surface area (Å²) < 4.78 is 0. The first-order valence-corrected chi connectivity index (χ1v) is 7.13. The van der Waals surface area contributed by atoms with Gasteiger partial charge in [-0.2, -0.15) is 0 Å². The number of benzene rings is 1. The van der Waals surface area contributed by atoms with Crippen LogP contribution in [0, 0.1) is 10.1 Å². The van der Waals surface area contributed by atoms with Crippen LogP contribution < -0.4 is 5.32 Å². The second-order valence-corrected chi connectivity index (χ2v) is 5.41. The number of hydrogen-bond acceptors (Lipinski definition) is 5. The lowest BCUT2D eigenvalue weighted by Gasteiger charge is -2.15. The zero-order valence-electron chi connectivity index (χ0n) is 12.1. The van der Waals surface area contributed by atoms with Gasteiger partial charge in [0.25, 0.3) is 11.6 Å². The molecule has 2 aliphatic heterocycles. The fraction of sp³-hybridized carbons (Fsp3) is 0.357. The Labute approximate surface area is 131 Å². The quantitative estimate of drug-likeness (QED) is 0.504. The number of anilines is 1. The minimum absolute atomic E-state index is 0.0893. The van der Waals surface area contributed by atoms with Crippen LogP contribution >= 0.6 is 0 Å². The maximum atomic E-state index is 12.1. The highest BCUT2D eigenvalue weighted by Gasteiger charge is 2.47. The zero-order chi connectivity index (χ0) is 16.6. The van der Waals surface area contributed by atoms with Crippen LogP contribution in [-0.4, -0.2) is 51.7 Å². The van der Waals surface area contributed by atoms with E-state index >= 15 is 0 Å². The van der Waals surface area contributed by atoms with Gasteiger partial charge in [-0.15, -0.1) is 0 Å². The summed E-state index contributed by atoms with van der Waals surface area (Å²) in [5, 5.41) is 13.1. The Kier molecular flexibility index (Phi) is 3.68. The molecule has 1 N–H and O–H groups in total. The summed E-state index contributed by atoms with van der Waals surface area (Å²) in [6.07, 6.45) is 1.43. The van der Waals surface area contributed by atoms with Gasteiger partial charge in [-0.1, -0.05) is 0 Å². The number of nitro benzene ring substituents is 1. The maximum Gasteiger partial charge on any atom is 0.327 e. The van der Waals surface area contributed by atoms with Crippen molar-refractivity contribution in [3.8, 4) is 0 Å². The molecule has 0 bridgehead atoms. The van der Waals surface area contributed by atoms with E-state index in [0.29, 0.717) is 18.7 Å². The summed E-state index contributed by atoms with van der Waals surface area (Å²) in [6, 6.07) is 4.44. The van der Waals surface area contributed by atoms with Crippen LogP contribution in [0.15, 0.2) is 24.3 Å². The third kappa shape index (κ3) is 2.72. The molecule has 1 aromatic rings.